The lowest BCUT2D eigenvalue weighted by atomic mass is 10.0. The van der Waals surface area contributed by atoms with E-state index in [9.17, 15) is 8.78 Å². The van der Waals surface area contributed by atoms with Crippen molar-refractivity contribution in [3.8, 4) is 5.75 Å². The fraction of sp³-hybridized carbons (Fsp3) is 0.478. The average Bonchev–Trinajstić information content (AvgIpc) is 2.77. The molecular weight excluding hydrogens is 372 g/mol. The molecule has 4 nitrogen and oxygen atoms in total. The van der Waals surface area contributed by atoms with E-state index in [4.69, 9.17) is 4.74 Å². The predicted molar refractivity (Wildman–Crippen MR) is 111 cm³/mol. The maximum Gasteiger partial charge on any atom is 0.163 e. The van der Waals surface area contributed by atoms with Crippen LogP contribution in [0.5, 0.6) is 5.75 Å². The molecule has 2 aliphatic heterocycles. The van der Waals surface area contributed by atoms with Crippen molar-refractivity contribution in [2.24, 2.45) is 0 Å². The molecule has 1 atom stereocenters. The fourth-order valence-corrected chi connectivity index (χ4v) is 4.52. The molecule has 2 fully saturated rings. The van der Waals surface area contributed by atoms with Crippen LogP contribution < -0.4 is 9.64 Å². The highest BCUT2D eigenvalue weighted by Gasteiger charge is 2.28. The lowest BCUT2D eigenvalue weighted by Gasteiger charge is -2.44. The maximum atomic E-state index is 14.0. The largest absolute Gasteiger partial charge is 0.497 e. The highest BCUT2D eigenvalue weighted by atomic mass is 19.2. The highest BCUT2D eigenvalue weighted by molar-refractivity contribution is 5.49. The molecule has 156 valence electrons. The van der Waals surface area contributed by atoms with E-state index >= 15 is 0 Å². The summed E-state index contributed by atoms with van der Waals surface area (Å²) in [4.78, 5) is 7.24. The first-order valence-corrected chi connectivity index (χ1v) is 10.4. The first-order valence-electron chi connectivity index (χ1n) is 10.4. The first-order chi connectivity index (χ1) is 14.1. The van der Waals surface area contributed by atoms with Gasteiger partial charge in [0.15, 0.2) is 11.6 Å². The number of hydrogen-bond acceptors (Lipinski definition) is 4. The van der Waals surface area contributed by atoms with Gasteiger partial charge in [0, 0.05) is 56.6 Å². The van der Waals surface area contributed by atoms with Crippen molar-refractivity contribution in [3.05, 3.63) is 59.7 Å². The van der Waals surface area contributed by atoms with Crippen LogP contribution in [0.3, 0.4) is 0 Å². The Morgan fingerprint density at radius 3 is 2.45 bits per heavy atom. The Kier molecular flexibility index (Phi) is 6.31. The van der Waals surface area contributed by atoms with Gasteiger partial charge in [0.05, 0.1) is 7.11 Å². The average molecular weight is 402 g/mol. The summed E-state index contributed by atoms with van der Waals surface area (Å²) in [6, 6.07) is 13.2. The Morgan fingerprint density at radius 1 is 0.966 bits per heavy atom. The van der Waals surface area contributed by atoms with Crippen molar-refractivity contribution in [1.82, 2.24) is 9.80 Å². The summed E-state index contributed by atoms with van der Waals surface area (Å²) in [6.07, 6.45) is 2.27. The number of benzene rings is 2. The fourth-order valence-electron chi connectivity index (χ4n) is 4.52. The number of ether oxygens (including phenoxy) is 1. The summed E-state index contributed by atoms with van der Waals surface area (Å²) < 4.78 is 32.8. The molecule has 2 heterocycles. The SMILES string of the molecule is COc1ccc(N2CCN([C@H]3CCCN(Cc4cccc(F)c4F)C3)CC2)cc1. The third-order valence-corrected chi connectivity index (χ3v) is 6.17. The maximum absolute atomic E-state index is 14.0. The monoisotopic (exact) mass is 401 g/mol. The molecule has 0 aromatic heterocycles. The lowest BCUT2D eigenvalue weighted by molar-refractivity contribution is 0.0880. The van der Waals surface area contributed by atoms with Gasteiger partial charge in [-0.15, -0.1) is 0 Å². The number of piperazine rings is 1. The van der Waals surface area contributed by atoms with Crippen LogP contribution in [0.4, 0.5) is 14.5 Å². The Bertz CT molecular complexity index is 806. The first kappa shape index (κ1) is 20.1. The summed E-state index contributed by atoms with van der Waals surface area (Å²) in [5, 5.41) is 0. The standard InChI is InChI=1S/C23H29F2N3O/c1-29-21-9-7-19(8-10-21)27-12-14-28(15-13-27)20-5-3-11-26(17-20)16-18-4-2-6-22(24)23(18)25/h2,4,6-10,20H,3,5,11-17H2,1H3/t20-/m0/s1. The van der Waals surface area contributed by atoms with Gasteiger partial charge in [0.1, 0.15) is 5.75 Å². The predicted octanol–water partition coefficient (Wildman–Crippen LogP) is 3.76. The molecule has 4 rings (SSSR count). The van der Waals surface area contributed by atoms with E-state index in [0.29, 0.717) is 18.2 Å². The zero-order valence-corrected chi connectivity index (χ0v) is 17.0. The van der Waals surface area contributed by atoms with Crippen molar-refractivity contribution in [3.63, 3.8) is 0 Å². The normalized spacial score (nSPS) is 21.3. The van der Waals surface area contributed by atoms with Crippen molar-refractivity contribution in [1.29, 1.82) is 0 Å². The van der Waals surface area contributed by atoms with Crippen LogP contribution in [-0.2, 0) is 6.54 Å². The summed E-state index contributed by atoms with van der Waals surface area (Å²) in [7, 11) is 1.68. The number of piperidine rings is 1. The minimum absolute atomic E-state index is 0.454. The molecule has 0 aliphatic carbocycles. The van der Waals surface area contributed by atoms with Crippen LogP contribution in [0, 0.1) is 11.6 Å². The topological polar surface area (TPSA) is 19.0 Å². The molecule has 2 saturated heterocycles. The van der Waals surface area contributed by atoms with Gasteiger partial charge in [-0.2, -0.15) is 0 Å². The van der Waals surface area contributed by atoms with Crippen molar-refractivity contribution < 1.29 is 13.5 Å². The van der Waals surface area contributed by atoms with Gasteiger partial charge in [-0.25, -0.2) is 8.78 Å². The van der Waals surface area contributed by atoms with Crippen molar-refractivity contribution in [2.45, 2.75) is 25.4 Å². The second-order valence-corrected chi connectivity index (χ2v) is 7.97. The van der Waals surface area contributed by atoms with Crippen LogP contribution in [0.2, 0.25) is 0 Å². The number of methoxy groups -OCH3 is 1. The Labute approximate surface area is 171 Å². The molecule has 0 bridgehead atoms. The number of halogens is 2. The summed E-state index contributed by atoms with van der Waals surface area (Å²) in [6.45, 7) is 6.39. The van der Waals surface area contributed by atoms with Gasteiger partial charge in [-0.1, -0.05) is 12.1 Å². The Hall–Kier alpha value is -2.18. The van der Waals surface area contributed by atoms with Gasteiger partial charge < -0.3 is 9.64 Å². The molecule has 6 heteroatoms. The lowest BCUT2D eigenvalue weighted by Crippen LogP contribution is -2.55. The molecule has 0 amide bonds. The number of nitrogens with zero attached hydrogens (tertiary/aromatic N) is 3. The van der Waals surface area contributed by atoms with Gasteiger partial charge >= 0.3 is 0 Å². The van der Waals surface area contributed by atoms with E-state index in [1.807, 2.05) is 12.1 Å². The molecule has 2 aliphatic rings. The van der Waals surface area contributed by atoms with Gasteiger partial charge in [0.2, 0.25) is 0 Å². The second kappa shape index (κ2) is 9.09. The van der Waals surface area contributed by atoms with Crippen molar-refractivity contribution >= 4 is 5.69 Å². The second-order valence-electron chi connectivity index (χ2n) is 7.97. The number of rotatable bonds is 5. The van der Waals surface area contributed by atoms with Gasteiger partial charge in [-0.05, 0) is 49.7 Å². The minimum atomic E-state index is -0.759. The molecule has 0 saturated carbocycles. The zero-order chi connectivity index (χ0) is 20.2. The number of likely N-dealkylation sites (tertiary alicyclic amines) is 1. The van der Waals surface area contributed by atoms with Crippen molar-refractivity contribution in [2.75, 3.05) is 51.3 Å². The summed E-state index contributed by atoms with van der Waals surface area (Å²) >= 11 is 0. The van der Waals surface area contributed by atoms with Crippen LogP contribution >= 0.6 is 0 Å². The van der Waals surface area contributed by atoms with Gasteiger partial charge in [0.25, 0.3) is 0 Å². The van der Waals surface area contributed by atoms with Crippen LogP contribution in [-0.4, -0.2) is 62.2 Å². The quantitative estimate of drug-likeness (QED) is 0.759. The Morgan fingerprint density at radius 2 is 1.72 bits per heavy atom. The van der Waals surface area contributed by atoms with Crippen LogP contribution in [0.1, 0.15) is 18.4 Å². The van der Waals surface area contributed by atoms with Crippen LogP contribution in [0.15, 0.2) is 42.5 Å². The molecule has 29 heavy (non-hydrogen) atoms. The highest BCUT2D eigenvalue weighted by Crippen LogP contribution is 2.24. The van der Waals surface area contributed by atoms with Crippen LogP contribution in [0.25, 0.3) is 0 Å². The third-order valence-electron chi connectivity index (χ3n) is 6.17. The third kappa shape index (κ3) is 4.70. The Balaban J connectivity index is 1.32. The molecule has 2 aromatic rings. The smallest absolute Gasteiger partial charge is 0.163 e. The summed E-state index contributed by atoms with van der Waals surface area (Å²) in [5.41, 5.74) is 1.69. The molecule has 0 radical (unpaired) electrons. The van der Waals surface area contributed by atoms with E-state index < -0.39 is 11.6 Å². The van der Waals surface area contributed by atoms with E-state index in [1.165, 1.54) is 18.2 Å². The van der Waals surface area contributed by atoms with Gasteiger partial charge in [-0.3, -0.25) is 9.80 Å². The number of hydrogen-bond donors (Lipinski definition) is 0. The van der Waals surface area contributed by atoms with E-state index in [-0.39, 0.29) is 0 Å². The summed E-state index contributed by atoms with van der Waals surface area (Å²) in [5.74, 6) is -0.585. The zero-order valence-electron chi connectivity index (χ0n) is 17.0. The van der Waals surface area contributed by atoms with E-state index in [1.54, 1.807) is 19.2 Å². The number of anilines is 1. The molecule has 0 unspecified atom stereocenters. The molecule has 0 N–H and O–H groups in total. The molecular formula is C23H29F2N3O. The molecule has 0 spiro atoms. The minimum Gasteiger partial charge on any atom is -0.497 e. The molecule has 2 aromatic carbocycles. The van der Waals surface area contributed by atoms with E-state index in [0.717, 1.165) is 51.4 Å². The van der Waals surface area contributed by atoms with E-state index in [2.05, 4.69) is 26.8 Å².